The molecule has 1 heterocycles. The third-order valence-electron chi connectivity index (χ3n) is 2.18. The number of rotatable bonds is 6. The van der Waals surface area contributed by atoms with Crippen molar-refractivity contribution < 1.29 is 9.47 Å². The van der Waals surface area contributed by atoms with Crippen LogP contribution in [0.5, 0.6) is 17.8 Å². The second kappa shape index (κ2) is 6.88. The first kappa shape index (κ1) is 14.3. The molecular weight excluding hydrogens is 282 g/mol. The summed E-state index contributed by atoms with van der Waals surface area (Å²) in [7, 11) is 0. The molecule has 0 spiro atoms. The van der Waals surface area contributed by atoms with Gasteiger partial charge in [-0.15, -0.1) is 4.98 Å². The summed E-state index contributed by atoms with van der Waals surface area (Å²) in [6.45, 7) is 2.48. The molecular formula is C12H14ClN5O2. The monoisotopic (exact) mass is 295 g/mol. The quantitative estimate of drug-likeness (QED) is 0.624. The van der Waals surface area contributed by atoms with E-state index in [4.69, 9.17) is 26.9 Å². The number of hydrogen-bond acceptors (Lipinski definition) is 7. The van der Waals surface area contributed by atoms with Crippen LogP contribution in [0.3, 0.4) is 0 Å². The number of hydrazine groups is 1. The van der Waals surface area contributed by atoms with Gasteiger partial charge in [0.1, 0.15) is 5.75 Å². The topological polar surface area (TPSA) is 95.2 Å². The van der Waals surface area contributed by atoms with E-state index in [-0.39, 0.29) is 18.0 Å². The number of halogens is 1. The molecule has 1 aromatic heterocycles. The summed E-state index contributed by atoms with van der Waals surface area (Å²) in [4.78, 5) is 12.0. The summed E-state index contributed by atoms with van der Waals surface area (Å²) in [6, 6.07) is 7.05. The van der Waals surface area contributed by atoms with Gasteiger partial charge in [-0.25, -0.2) is 5.84 Å². The second-order valence-electron chi connectivity index (χ2n) is 3.77. The first-order valence-electron chi connectivity index (χ1n) is 6.00. The minimum absolute atomic E-state index is 0.0846. The molecule has 2 rings (SSSR count). The van der Waals surface area contributed by atoms with Crippen molar-refractivity contribution in [3.05, 3.63) is 29.3 Å². The fourth-order valence-corrected chi connectivity index (χ4v) is 1.44. The van der Waals surface area contributed by atoms with E-state index >= 15 is 0 Å². The fraction of sp³-hybridized carbons (Fsp3) is 0.250. The smallest absolute Gasteiger partial charge is 0.330 e. The number of benzene rings is 1. The molecule has 0 aliphatic rings. The molecule has 8 heteroatoms. The molecule has 0 amide bonds. The highest BCUT2D eigenvalue weighted by atomic mass is 35.5. The average Bonchev–Trinajstić information content (AvgIpc) is 2.47. The highest BCUT2D eigenvalue weighted by molar-refractivity contribution is 6.30. The summed E-state index contributed by atoms with van der Waals surface area (Å²) in [5.41, 5.74) is 2.34. The Kier molecular flexibility index (Phi) is 4.91. The molecule has 20 heavy (non-hydrogen) atoms. The predicted octanol–water partition coefficient (Wildman–Crippen LogP) is 2.39. The summed E-state index contributed by atoms with van der Waals surface area (Å²) in [5.74, 6) is 6.01. The van der Waals surface area contributed by atoms with Gasteiger partial charge in [0, 0.05) is 5.02 Å². The number of hydrogen-bond donors (Lipinski definition) is 2. The summed E-state index contributed by atoms with van der Waals surface area (Å²) in [6.07, 6.45) is 0.838. The van der Waals surface area contributed by atoms with Crippen molar-refractivity contribution >= 4 is 17.5 Å². The number of aromatic nitrogens is 3. The van der Waals surface area contributed by atoms with Crippen LogP contribution in [-0.4, -0.2) is 21.6 Å². The van der Waals surface area contributed by atoms with Gasteiger partial charge < -0.3 is 9.47 Å². The van der Waals surface area contributed by atoms with Crippen molar-refractivity contribution in [2.75, 3.05) is 12.0 Å². The van der Waals surface area contributed by atoms with Crippen LogP contribution in [0.2, 0.25) is 5.02 Å². The Bertz CT molecular complexity index is 564. The molecule has 0 saturated heterocycles. The van der Waals surface area contributed by atoms with E-state index in [9.17, 15) is 0 Å². The standard InChI is InChI=1S/C12H14ClN5O2/c1-2-7-19-11-15-10(18-14)16-12(17-11)20-9-5-3-8(13)4-6-9/h3-6H,2,7,14H2,1H3,(H,15,16,17,18). The Morgan fingerprint density at radius 3 is 2.50 bits per heavy atom. The van der Waals surface area contributed by atoms with Gasteiger partial charge in [0.15, 0.2) is 0 Å². The van der Waals surface area contributed by atoms with Crippen molar-refractivity contribution in [1.29, 1.82) is 0 Å². The van der Waals surface area contributed by atoms with E-state index in [1.54, 1.807) is 24.3 Å². The maximum Gasteiger partial charge on any atom is 0.330 e. The zero-order valence-electron chi connectivity index (χ0n) is 10.8. The van der Waals surface area contributed by atoms with Crippen LogP contribution in [0.25, 0.3) is 0 Å². The second-order valence-corrected chi connectivity index (χ2v) is 4.21. The lowest BCUT2D eigenvalue weighted by atomic mass is 10.3. The molecule has 7 nitrogen and oxygen atoms in total. The largest absolute Gasteiger partial charge is 0.463 e. The van der Waals surface area contributed by atoms with Crippen LogP contribution in [0.4, 0.5) is 5.95 Å². The number of nitrogen functional groups attached to an aromatic ring is 1. The van der Waals surface area contributed by atoms with Gasteiger partial charge in [-0.2, -0.15) is 9.97 Å². The number of nitrogens with zero attached hydrogens (tertiary/aromatic N) is 3. The maximum absolute atomic E-state index is 5.80. The Balaban J connectivity index is 2.19. The van der Waals surface area contributed by atoms with Gasteiger partial charge in [-0.05, 0) is 30.7 Å². The number of nitrogens with two attached hydrogens (primary N) is 1. The first-order valence-corrected chi connectivity index (χ1v) is 6.38. The lowest BCUT2D eigenvalue weighted by molar-refractivity contribution is 0.285. The van der Waals surface area contributed by atoms with Crippen molar-refractivity contribution in [3.8, 4) is 17.8 Å². The highest BCUT2D eigenvalue weighted by Gasteiger charge is 2.09. The molecule has 0 bridgehead atoms. The van der Waals surface area contributed by atoms with Crippen molar-refractivity contribution in [2.45, 2.75) is 13.3 Å². The van der Waals surface area contributed by atoms with Crippen molar-refractivity contribution in [1.82, 2.24) is 15.0 Å². The molecule has 2 aromatic rings. The fourth-order valence-electron chi connectivity index (χ4n) is 1.31. The lowest BCUT2D eigenvalue weighted by Crippen LogP contribution is -2.13. The Hall–Kier alpha value is -2.12. The molecule has 0 aliphatic heterocycles. The predicted molar refractivity (Wildman–Crippen MR) is 74.9 cm³/mol. The van der Waals surface area contributed by atoms with E-state index in [0.717, 1.165) is 6.42 Å². The third kappa shape index (κ3) is 3.94. The average molecular weight is 296 g/mol. The first-order chi connectivity index (χ1) is 9.71. The van der Waals surface area contributed by atoms with Crippen molar-refractivity contribution in [2.24, 2.45) is 5.84 Å². The molecule has 0 atom stereocenters. The summed E-state index contributed by atoms with van der Waals surface area (Å²) in [5, 5.41) is 0.615. The van der Waals surface area contributed by atoms with E-state index in [1.807, 2.05) is 6.92 Å². The molecule has 0 fully saturated rings. The minimum Gasteiger partial charge on any atom is -0.463 e. The molecule has 0 unspecified atom stereocenters. The van der Waals surface area contributed by atoms with Crippen LogP contribution in [0.15, 0.2) is 24.3 Å². The SMILES string of the molecule is CCCOc1nc(NN)nc(Oc2ccc(Cl)cc2)n1. The molecule has 0 aliphatic carbocycles. The normalized spacial score (nSPS) is 10.2. The van der Waals surface area contributed by atoms with Crippen LogP contribution in [0.1, 0.15) is 13.3 Å². The minimum atomic E-state index is 0.0846. The molecule has 1 aromatic carbocycles. The number of anilines is 1. The van der Waals surface area contributed by atoms with E-state index < -0.39 is 0 Å². The third-order valence-corrected chi connectivity index (χ3v) is 2.43. The van der Waals surface area contributed by atoms with Gasteiger partial charge in [0.25, 0.3) is 0 Å². The van der Waals surface area contributed by atoms with Gasteiger partial charge in [0.05, 0.1) is 6.61 Å². The summed E-state index contributed by atoms with van der Waals surface area (Å²) >= 11 is 5.80. The Morgan fingerprint density at radius 1 is 1.15 bits per heavy atom. The van der Waals surface area contributed by atoms with E-state index in [2.05, 4.69) is 20.4 Å². The van der Waals surface area contributed by atoms with Gasteiger partial charge in [-0.1, -0.05) is 18.5 Å². The van der Waals surface area contributed by atoms with Crippen LogP contribution >= 0.6 is 11.6 Å². The number of nitrogens with one attached hydrogen (secondary N) is 1. The molecule has 3 N–H and O–H groups in total. The van der Waals surface area contributed by atoms with Gasteiger partial charge >= 0.3 is 12.0 Å². The zero-order valence-corrected chi connectivity index (χ0v) is 11.6. The molecule has 106 valence electrons. The lowest BCUT2D eigenvalue weighted by Gasteiger charge is -2.08. The van der Waals surface area contributed by atoms with Crippen molar-refractivity contribution in [3.63, 3.8) is 0 Å². The number of ether oxygens (including phenoxy) is 2. The van der Waals surface area contributed by atoms with Gasteiger partial charge in [-0.3, -0.25) is 5.43 Å². The molecule has 0 saturated carbocycles. The Labute approximate surface area is 121 Å². The van der Waals surface area contributed by atoms with E-state index in [0.29, 0.717) is 17.4 Å². The summed E-state index contributed by atoms with van der Waals surface area (Å²) < 4.78 is 10.8. The highest BCUT2D eigenvalue weighted by Crippen LogP contribution is 2.22. The van der Waals surface area contributed by atoms with Crippen LogP contribution in [0, 0.1) is 0 Å². The zero-order chi connectivity index (χ0) is 14.4. The maximum atomic E-state index is 5.80. The van der Waals surface area contributed by atoms with Crippen LogP contribution < -0.4 is 20.7 Å². The molecule has 0 radical (unpaired) electrons. The van der Waals surface area contributed by atoms with E-state index in [1.165, 1.54) is 0 Å². The van der Waals surface area contributed by atoms with Gasteiger partial charge in [0.2, 0.25) is 5.95 Å². The van der Waals surface area contributed by atoms with Crippen LogP contribution in [-0.2, 0) is 0 Å². The Morgan fingerprint density at radius 2 is 1.85 bits per heavy atom.